The summed E-state index contributed by atoms with van der Waals surface area (Å²) in [5.41, 5.74) is 1.23. The summed E-state index contributed by atoms with van der Waals surface area (Å²) in [6.45, 7) is 9.70. The van der Waals surface area contributed by atoms with Crippen molar-refractivity contribution in [2.75, 3.05) is 25.0 Å². The van der Waals surface area contributed by atoms with E-state index in [2.05, 4.69) is 15.5 Å². The first kappa shape index (κ1) is 17.4. The number of hydrogen-bond acceptors (Lipinski definition) is 5. The van der Waals surface area contributed by atoms with Gasteiger partial charge in [0.2, 0.25) is 0 Å². The van der Waals surface area contributed by atoms with E-state index in [-0.39, 0.29) is 17.6 Å². The van der Waals surface area contributed by atoms with Crippen molar-refractivity contribution in [2.45, 2.75) is 39.2 Å². The molecule has 1 saturated heterocycles. The molecule has 0 unspecified atom stereocenters. The average molecular weight is 344 g/mol. The fraction of sp³-hybridized carbons (Fsp3) is 0.500. The minimum atomic E-state index is -0.314. The summed E-state index contributed by atoms with van der Waals surface area (Å²) < 4.78 is 10.9. The number of morpholine rings is 1. The third-order valence-corrected chi connectivity index (χ3v) is 4.05. The van der Waals surface area contributed by atoms with Crippen molar-refractivity contribution in [3.8, 4) is 11.5 Å². The third kappa shape index (κ3) is 4.17. The van der Waals surface area contributed by atoms with Gasteiger partial charge in [-0.05, 0) is 38.1 Å². The highest BCUT2D eigenvalue weighted by atomic mass is 16.5. The van der Waals surface area contributed by atoms with E-state index in [1.54, 1.807) is 4.90 Å². The van der Waals surface area contributed by atoms with Gasteiger partial charge < -0.3 is 19.5 Å². The van der Waals surface area contributed by atoms with Gasteiger partial charge >= 0.3 is 6.03 Å². The molecule has 1 aliphatic rings. The molecule has 1 aromatic heterocycles. The smallest absolute Gasteiger partial charge is 0.322 e. The zero-order valence-corrected chi connectivity index (χ0v) is 15.1. The lowest BCUT2D eigenvalue weighted by Crippen LogP contribution is -2.51. The summed E-state index contributed by atoms with van der Waals surface area (Å²) in [4.78, 5) is 18.5. The molecule has 0 atom stereocenters. The Kier molecular flexibility index (Phi) is 4.76. The monoisotopic (exact) mass is 344 g/mol. The van der Waals surface area contributed by atoms with Crippen LogP contribution in [0.25, 0.3) is 11.5 Å². The van der Waals surface area contributed by atoms with Gasteiger partial charge in [-0.25, -0.2) is 4.79 Å². The van der Waals surface area contributed by atoms with Gasteiger partial charge in [-0.1, -0.05) is 19.0 Å². The number of carbonyl (C=O) groups is 1. The Morgan fingerprint density at radius 3 is 2.60 bits per heavy atom. The molecule has 0 radical (unpaired) electrons. The van der Waals surface area contributed by atoms with E-state index in [0.29, 0.717) is 31.4 Å². The predicted molar refractivity (Wildman–Crippen MR) is 94.4 cm³/mol. The molecular weight excluding hydrogens is 320 g/mol. The highest BCUT2D eigenvalue weighted by molar-refractivity contribution is 5.89. The van der Waals surface area contributed by atoms with Gasteiger partial charge in [-0.15, -0.1) is 0 Å². The highest BCUT2D eigenvalue weighted by Gasteiger charge is 2.29. The second-order valence-corrected chi connectivity index (χ2v) is 7.15. The first-order chi connectivity index (χ1) is 11.8. The Morgan fingerprint density at radius 2 is 2.00 bits per heavy atom. The second-order valence-electron chi connectivity index (χ2n) is 7.15. The molecule has 1 fully saturated rings. The van der Waals surface area contributed by atoms with Gasteiger partial charge in [0.1, 0.15) is 0 Å². The summed E-state index contributed by atoms with van der Waals surface area (Å²) in [6.07, 6.45) is 0. The Morgan fingerprint density at radius 1 is 1.28 bits per heavy atom. The van der Waals surface area contributed by atoms with Gasteiger partial charge in [0.25, 0.3) is 5.89 Å². The molecule has 134 valence electrons. The number of ether oxygens (including phenoxy) is 1. The van der Waals surface area contributed by atoms with Gasteiger partial charge in [-0.2, -0.15) is 4.98 Å². The topological polar surface area (TPSA) is 80.5 Å². The zero-order valence-electron chi connectivity index (χ0n) is 15.1. The Balaban J connectivity index is 1.65. The number of anilines is 1. The predicted octanol–water partition coefficient (Wildman–Crippen LogP) is 3.50. The molecular formula is C18H24N4O3. The SMILES string of the molecule is CC(C)c1noc(-c2ccc(NC(=O)N3CCOC(C)(C)C3)cc2)n1. The maximum atomic E-state index is 12.4. The summed E-state index contributed by atoms with van der Waals surface area (Å²) >= 11 is 0. The van der Waals surface area contributed by atoms with Crippen LogP contribution in [0.4, 0.5) is 10.5 Å². The van der Waals surface area contributed by atoms with Crippen molar-refractivity contribution in [3.05, 3.63) is 30.1 Å². The van der Waals surface area contributed by atoms with E-state index in [1.165, 1.54) is 0 Å². The van der Waals surface area contributed by atoms with Crippen molar-refractivity contribution in [1.82, 2.24) is 15.0 Å². The van der Waals surface area contributed by atoms with Crippen molar-refractivity contribution in [2.24, 2.45) is 0 Å². The number of amides is 2. The number of hydrogen-bond donors (Lipinski definition) is 1. The largest absolute Gasteiger partial charge is 0.372 e. The van der Waals surface area contributed by atoms with Crippen molar-refractivity contribution < 1.29 is 14.1 Å². The fourth-order valence-electron chi connectivity index (χ4n) is 2.68. The molecule has 0 spiro atoms. The fourth-order valence-corrected chi connectivity index (χ4v) is 2.68. The summed E-state index contributed by atoms with van der Waals surface area (Å²) in [6, 6.07) is 7.26. The average Bonchev–Trinajstić information content (AvgIpc) is 3.05. The molecule has 2 heterocycles. The van der Waals surface area contributed by atoms with E-state index < -0.39 is 0 Å². The van der Waals surface area contributed by atoms with Crippen molar-refractivity contribution in [3.63, 3.8) is 0 Å². The molecule has 1 aliphatic heterocycles. The maximum absolute atomic E-state index is 12.4. The molecule has 0 bridgehead atoms. The van der Waals surface area contributed by atoms with E-state index >= 15 is 0 Å². The first-order valence-electron chi connectivity index (χ1n) is 8.48. The van der Waals surface area contributed by atoms with Crippen LogP contribution in [0.3, 0.4) is 0 Å². The van der Waals surface area contributed by atoms with Crippen LogP contribution in [-0.4, -0.2) is 46.4 Å². The van der Waals surface area contributed by atoms with Gasteiger partial charge in [0, 0.05) is 23.7 Å². The van der Waals surface area contributed by atoms with Crippen LogP contribution in [0.1, 0.15) is 39.4 Å². The molecule has 7 nitrogen and oxygen atoms in total. The first-order valence-corrected chi connectivity index (χ1v) is 8.48. The Bertz CT molecular complexity index is 737. The lowest BCUT2D eigenvalue weighted by Gasteiger charge is -2.38. The molecule has 2 amide bonds. The quantitative estimate of drug-likeness (QED) is 0.921. The number of nitrogens with one attached hydrogen (secondary N) is 1. The van der Waals surface area contributed by atoms with Crippen LogP contribution in [0.5, 0.6) is 0 Å². The molecule has 1 N–H and O–H groups in total. The van der Waals surface area contributed by atoms with Crippen LogP contribution in [0.2, 0.25) is 0 Å². The molecule has 7 heteroatoms. The number of aromatic nitrogens is 2. The summed E-state index contributed by atoms with van der Waals surface area (Å²) in [7, 11) is 0. The van der Waals surface area contributed by atoms with Gasteiger partial charge in [0.05, 0.1) is 18.8 Å². The van der Waals surface area contributed by atoms with Crippen molar-refractivity contribution in [1.29, 1.82) is 0 Å². The molecule has 0 saturated carbocycles. The maximum Gasteiger partial charge on any atom is 0.322 e. The van der Waals surface area contributed by atoms with Crippen LogP contribution in [-0.2, 0) is 4.74 Å². The zero-order chi connectivity index (χ0) is 18.0. The van der Waals surface area contributed by atoms with E-state index in [1.807, 2.05) is 52.0 Å². The lowest BCUT2D eigenvalue weighted by atomic mass is 10.1. The van der Waals surface area contributed by atoms with Gasteiger partial charge in [0.15, 0.2) is 5.82 Å². The van der Waals surface area contributed by atoms with Crippen molar-refractivity contribution >= 4 is 11.7 Å². The second kappa shape index (κ2) is 6.84. The minimum absolute atomic E-state index is 0.121. The molecule has 0 aliphatic carbocycles. The van der Waals surface area contributed by atoms with Crippen LogP contribution in [0.15, 0.2) is 28.8 Å². The standard InChI is InChI=1S/C18H24N4O3/c1-12(2)15-20-16(25-21-15)13-5-7-14(8-6-13)19-17(23)22-9-10-24-18(3,4)11-22/h5-8,12H,9-11H2,1-4H3,(H,19,23). The third-order valence-electron chi connectivity index (χ3n) is 4.05. The number of carbonyl (C=O) groups excluding carboxylic acids is 1. The number of benzene rings is 1. The highest BCUT2D eigenvalue weighted by Crippen LogP contribution is 2.22. The van der Waals surface area contributed by atoms with Crippen LogP contribution >= 0.6 is 0 Å². The lowest BCUT2D eigenvalue weighted by molar-refractivity contribution is -0.0720. The van der Waals surface area contributed by atoms with Crippen LogP contribution < -0.4 is 5.32 Å². The van der Waals surface area contributed by atoms with E-state index in [0.717, 1.165) is 11.3 Å². The number of rotatable bonds is 3. The molecule has 2 aromatic rings. The van der Waals surface area contributed by atoms with Crippen LogP contribution in [0, 0.1) is 0 Å². The number of urea groups is 1. The minimum Gasteiger partial charge on any atom is -0.372 e. The number of nitrogens with zero attached hydrogens (tertiary/aromatic N) is 3. The summed E-state index contributed by atoms with van der Waals surface area (Å²) in [5.74, 6) is 1.38. The molecule has 3 rings (SSSR count). The molecule has 1 aromatic carbocycles. The Labute approximate surface area is 147 Å². The normalized spacial score (nSPS) is 16.9. The van der Waals surface area contributed by atoms with E-state index in [4.69, 9.17) is 9.26 Å². The Hall–Kier alpha value is -2.41. The molecule has 25 heavy (non-hydrogen) atoms. The summed E-state index contributed by atoms with van der Waals surface area (Å²) in [5, 5.41) is 6.88. The van der Waals surface area contributed by atoms with E-state index in [9.17, 15) is 4.79 Å². The van der Waals surface area contributed by atoms with Gasteiger partial charge in [-0.3, -0.25) is 0 Å².